The maximum Gasteiger partial charge on any atom is 0.586 e. The van der Waals surface area contributed by atoms with Crippen molar-refractivity contribution < 1.29 is 37.4 Å². The summed E-state index contributed by atoms with van der Waals surface area (Å²) in [4.78, 5) is 42.8. The molecule has 1 fully saturated rings. The minimum atomic E-state index is -3.76. The Kier molecular flexibility index (Phi) is 7.33. The van der Waals surface area contributed by atoms with E-state index in [-0.39, 0.29) is 24.5 Å². The van der Waals surface area contributed by atoms with Gasteiger partial charge in [-0.1, -0.05) is 24.3 Å². The number of β-lactam (4-membered cyclic amide) rings is 1. The predicted octanol–water partition coefficient (Wildman–Crippen LogP) is 3.37. The van der Waals surface area contributed by atoms with E-state index in [1.54, 1.807) is 39.3 Å². The second-order valence-corrected chi connectivity index (χ2v) is 7.69. The number of benzene rings is 1. The lowest BCUT2D eigenvalue weighted by Gasteiger charge is -2.44. The summed E-state index contributed by atoms with van der Waals surface area (Å²) in [5, 5.41) is 2.60. The highest BCUT2D eigenvalue weighted by molar-refractivity contribution is 6.08. The molecule has 1 aromatic rings. The van der Waals surface area contributed by atoms with Gasteiger partial charge in [0.1, 0.15) is 0 Å². The van der Waals surface area contributed by atoms with Gasteiger partial charge in [-0.2, -0.15) is 0 Å². The fourth-order valence-electron chi connectivity index (χ4n) is 3.66. The molecular weight excluding hydrogens is 452 g/mol. The highest BCUT2D eigenvalue weighted by Crippen LogP contribution is 2.42. The van der Waals surface area contributed by atoms with Crippen molar-refractivity contribution in [1.82, 2.24) is 10.2 Å². The number of urea groups is 1. The minimum absolute atomic E-state index is 0.0811. The summed E-state index contributed by atoms with van der Waals surface area (Å²) in [5.41, 5.74) is 1.01. The number of allylic oxidation sites excluding steroid dienone is 3. The molecule has 1 saturated heterocycles. The molecule has 2 heterocycles. The Hall–Kier alpha value is -3.76. The van der Waals surface area contributed by atoms with Crippen LogP contribution in [-0.2, 0) is 14.3 Å². The minimum Gasteiger partial charge on any atom is -0.464 e. The maximum absolute atomic E-state index is 13.3. The van der Waals surface area contributed by atoms with Gasteiger partial charge in [-0.05, 0) is 44.0 Å². The number of ether oxygens (including phenoxy) is 3. The quantitative estimate of drug-likeness (QED) is 0.266. The number of esters is 1. The van der Waals surface area contributed by atoms with Crippen LogP contribution in [0.15, 0.2) is 47.5 Å². The van der Waals surface area contributed by atoms with Gasteiger partial charge in [-0.15, -0.1) is 8.78 Å². The molecule has 0 unspecified atom stereocenters. The number of halogens is 2. The van der Waals surface area contributed by atoms with E-state index in [4.69, 9.17) is 4.74 Å². The summed E-state index contributed by atoms with van der Waals surface area (Å²) in [5.74, 6) is -2.36. The van der Waals surface area contributed by atoms with E-state index in [0.717, 1.165) is 4.90 Å². The summed E-state index contributed by atoms with van der Waals surface area (Å²) in [6.45, 7) is 7.17. The molecule has 0 saturated carbocycles. The first-order valence-corrected chi connectivity index (χ1v) is 10.5. The Morgan fingerprint density at radius 2 is 2.06 bits per heavy atom. The molecule has 0 aliphatic carbocycles. The average Bonchev–Trinajstić information content (AvgIpc) is 3.08. The van der Waals surface area contributed by atoms with Crippen molar-refractivity contribution >= 4 is 24.1 Å². The van der Waals surface area contributed by atoms with Crippen molar-refractivity contribution in [3.63, 3.8) is 0 Å². The number of hydrogen-bond acceptors (Lipinski definition) is 7. The summed E-state index contributed by atoms with van der Waals surface area (Å²) in [6.07, 6.45) is 1.26. The van der Waals surface area contributed by atoms with Gasteiger partial charge in [0, 0.05) is 13.3 Å². The van der Waals surface area contributed by atoms with E-state index in [1.807, 2.05) is 0 Å². The van der Waals surface area contributed by atoms with E-state index >= 15 is 0 Å². The number of imide groups is 1. The van der Waals surface area contributed by atoms with Crippen LogP contribution in [0.3, 0.4) is 0 Å². The molecule has 0 aromatic heterocycles. The SMILES string of the molecule is C=C(/C=C\C=NC)C[C@H]1C(=O)N(C(=O)N[C@H](C)c2ccc3c(c2)OC(F)(F)O3)[C@@H]1C(=O)OCC. The number of amides is 3. The van der Waals surface area contributed by atoms with E-state index in [2.05, 4.69) is 26.4 Å². The van der Waals surface area contributed by atoms with Gasteiger partial charge in [0.2, 0.25) is 5.91 Å². The number of carbonyl (C=O) groups is 3. The fraction of sp³-hybridized carbons (Fsp3) is 0.391. The molecule has 1 N–H and O–H groups in total. The van der Waals surface area contributed by atoms with Gasteiger partial charge in [-0.25, -0.2) is 14.5 Å². The Labute approximate surface area is 195 Å². The Balaban J connectivity index is 1.71. The highest BCUT2D eigenvalue weighted by atomic mass is 19.3. The van der Waals surface area contributed by atoms with Gasteiger partial charge < -0.3 is 19.5 Å². The van der Waals surface area contributed by atoms with Crippen LogP contribution in [0.2, 0.25) is 0 Å². The number of nitrogens with one attached hydrogen (secondary N) is 1. The Morgan fingerprint density at radius 3 is 2.74 bits per heavy atom. The summed E-state index contributed by atoms with van der Waals surface area (Å²) in [7, 11) is 1.61. The van der Waals surface area contributed by atoms with Crippen LogP contribution in [0.1, 0.15) is 31.9 Å². The second-order valence-electron chi connectivity index (χ2n) is 7.69. The largest absolute Gasteiger partial charge is 0.586 e. The highest BCUT2D eigenvalue weighted by Gasteiger charge is 2.55. The number of alkyl halides is 2. The third kappa shape index (κ3) is 5.24. The van der Waals surface area contributed by atoms with Crippen LogP contribution in [0.25, 0.3) is 0 Å². The third-order valence-corrected chi connectivity index (χ3v) is 5.28. The standard InChI is InChI=1S/C23H25F2N3O6/c1-5-32-21(30)19-16(11-13(2)7-6-10-26-4)20(29)28(19)22(31)27-14(3)15-8-9-17-18(12-15)34-23(24,25)33-17/h6-10,12,14,16,19H,2,5,11H2,1,3-4H3,(H,27,31)/b7-6-,26-10?/t14-,16-,19+/m1/s1. The Bertz CT molecular complexity index is 1060. The van der Waals surface area contributed by atoms with Crippen LogP contribution in [-0.4, -0.2) is 55.0 Å². The lowest BCUT2D eigenvalue weighted by molar-refractivity contribution is -0.286. The number of likely N-dealkylation sites (tertiary alicyclic amines) is 1. The molecule has 0 spiro atoms. The van der Waals surface area contributed by atoms with Gasteiger partial charge in [0.15, 0.2) is 17.5 Å². The summed E-state index contributed by atoms with van der Waals surface area (Å²) < 4.78 is 40.4. The summed E-state index contributed by atoms with van der Waals surface area (Å²) in [6, 6.07) is 1.46. The molecule has 34 heavy (non-hydrogen) atoms. The number of carbonyl (C=O) groups excluding carboxylic acids is 3. The molecule has 11 heteroatoms. The van der Waals surface area contributed by atoms with Crippen molar-refractivity contribution in [1.29, 1.82) is 0 Å². The normalized spacial score (nSPS) is 21.4. The van der Waals surface area contributed by atoms with E-state index in [0.29, 0.717) is 11.1 Å². The molecule has 3 amide bonds. The predicted molar refractivity (Wildman–Crippen MR) is 118 cm³/mol. The number of fused-ring (bicyclic) bond motifs is 1. The van der Waals surface area contributed by atoms with Crippen molar-refractivity contribution in [2.24, 2.45) is 10.9 Å². The van der Waals surface area contributed by atoms with E-state index < -0.39 is 42.2 Å². The second kappa shape index (κ2) is 10.0. The van der Waals surface area contributed by atoms with Gasteiger partial charge in [0.05, 0.1) is 18.6 Å². The first kappa shape index (κ1) is 24.9. The van der Waals surface area contributed by atoms with Crippen LogP contribution in [0.4, 0.5) is 13.6 Å². The number of aliphatic imine (C=N–C) groups is 1. The van der Waals surface area contributed by atoms with Crippen molar-refractivity contribution in [3.8, 4) is 11.5 Å². The average molecular weight is 477 g/mol. The molecule has 9 nitrogen and oxygen atoms in total. The topological polar surface area (TPSA) is 107 Å². The van der Waals surface area contributed by atoms with Crippen molar-refractivity contribution in [2.75, 3.05) is 13.7 Å². The lowest BCUT2D eigenvalue weighted by Crippen LogP contribution is -2.68. The first-order chi connectivity index (χ1) is 16.1. The third-order valence-electron chi connectivity index (χ3n) is 5.28. The van der Waals surface area contributed by atoms with Crippen LogP contribution >= 0.6 is 0 Å². The van der Waals surface area contributed by atoms with Gasteiger partial charge in [-0.3, -0.25) is 9.79 Å². The van der Waals surface area contributed by atoms with Crippen LogP contribution in [0, 0.1) is 5.92 Å². The van der Waals surface area contributed by atoms with Crippen LogP contribution < -0.4 is 14.8 Å². The Morgan fingerprint density at radius 1 is 1.35 bits per heavy atom. The molecule has 0 radical (unpaired) electrons. The zero-order valence-electron chi connectivity index (χ0n) is 18.9. The van der Waals surface area contributed by atoms with E-state index in [1.165, 1.54) is 18.2 Å². The molecule has 0 bridgehead atoms. The molecular formula is C23H25F2N3O6. The molecule has 3 rings (SSSR count). The first-order valence-electron chi connectivity index (χ1n) is 10.5. The number of nitrogens with zero attached hydrogens (tertiary/aromatic N) is 2. The smallest absolute Gasteiger partial charge is 0.464 e. The molecule has 2 aliphatic rings. The molecule has 3 atom stereocenters. The van der Waals surface area contributed by atoms with Gasteiger partial charge >= 0.3 is 18.3 Å². The fourth-order valence-corrected chi connectivity index (χ4v) is 3.66. The zero-order valence-corrected chi connectivity index (χ0v) is 18.9. The number of hydrogen-bond donors (Lipinski definition) is 1. The zero-order chi connectivity index (χ0) is 25.0. The monoisotopic (exact) mass is 477 g/mol. The molecule has 2 aliphatic heterocycles. The van der Waals surface area contributed by atoms with Crippen LogP contribution in [0.5, 0.6) is 11.5 Å². The van der Waals surface area contributed by atoms with E-state index in [9.17, 15) is 23.2 Å². The molecule has 1 aromatic carbocycles. The van der Waals surface area contributed by atoms with Crippen molar-refractivity contribution in [3.05, 3.63) is 48.1 Å². The van der Waals surface area contributed by atoms with Gasteiger partial charge in [0.25, 0.3) is 0 Å². The lowest BCUT2D eigenvalue weighted by atomic mass is 9.82. The van der Waals surface area contributed by atoms with Crippen molar-refractivity contribution in [2.45, 2.75) is 38.6 Å². The summed E-state index contributed by atoms with van der Waals surface area (Å²) >= 11 is 0. The maximum atomic E-state index is 13.3. The number of rotatable bonds is 8. The molecule has 182 valence electrons.